The highest BCUT2D eigenvalue weighted by Gasteiger charge is 2.28. The molecule has 0 radical (unpaired) electrons. The fraction of sp³-hybridized carbons (Fsp3) is 0.296. The SMILES string of the molecule is CCS(=O)(=O)N(C)c1ccc(C(=O)N2CCN(C(c3ccccc3)c3ccccc3)CC2)cc1. The summed E-state index contributed by atoms with van der Waals surface area (Å²) in [7, 11) is -1.80. The van der Waals surface area contributed by atoms with Gasteiger partial charge in [0.1, 0.15) is 0 Å². The smallest absolute Gasteiger partial charge is 0.253 e. The lowest BCUT2D eigenvalue weighted by molar-refractivity contribution is 0.0597. The second-order valence-electron chi connectivity index (χ2n) is 8.47. The summed E-state index contributed by atoms with van der Waals surface area (Å²) in [6.45, 7) is 4.44. The van der Waals surface area contributed by atoms with E-state index in [2.05, 4.69) is 53.4 Å². The predicted molar refractivity (Wildman–Crippen MR) is 137 cm³/mol. The van der Waals surface area contributed by atoms with Crippen LogP contribution in [0, 0.1) is 0 Å². The van der Waals surface area contributed by atoms with Crippen molar-refractivity contribution in [1.29, 1.82) is 0 Å². The molecule has 7 heteroatoms. The van der Waals surface area contributed by atoms with Crippen molar-refractivity contribution < 1.29 is 13.2 Å². The van der Waals surface area contributed by atoms with Crippen molar-refractivity contribution in [3.05, 3.63) is 102 Å². The number of hydrogen-bond acceptors (Lipinski definition) is 4. The van der Waals surface area contributed by atoms with E-state index in [0.717, 1.165) is 13.1 Å². The molecule has 34 heavy (non-hydrogen) atoms. The van der Waals surface area contributed by atoms with Gasteiger partial charge in [0.05, 0.1) is 17.5 Å². The summed E-state index contributed by atoms with van der Waals surface area (Å²) in [4.78, 5) is 17.4. The first-order valence-corrected chi connectivity index (χ1v) is 13.2. The molecule has 1 saturated heterocycles. The summed E-state index contributed by atoms with van der Waals surface area (Å²) in [5, 5.41) is 0. The molecule has 0 saturated carbocycles. The van der Waals surface area contributed by atoms with Crippen LogP contribution in [0.2, 0.25) is 0 Å². The van der Waals surface area contributed by atoms with Gasteiger partial charge in [0.25, 0.3) is 5.91 Å². The number of sulfonamides is 1. The molecule has 178 valence electrons. The largest absolute Gasteiger partial charge is 0.336 e. The molecule has 0 atom stereocenters. The summed E-state index contributed by atoms with van der Waals surface area (Å²) in [6, 6.07) is 27.9. The molecule has 1 aliphatic rings. The Morgan fingerprint density at radius 3 is 1.79 bits per heavy atom. The maximum atomic E-state index is 13.1. The van der Waals surface area contributed by atoms with Gasteiger partial charge in [-0.1, -0.05) is 60.7 Å². The third-order valence-electron chi connectivity index (χ3n) is 6.46. The van der Waals surface area contributed by atoms with Gasteiger partial charge < -0.3 is 4.90 Å². The molecular formula is C27H31N3O3S. The fourth-order valence-electron chi connectivity index (χ4n) is 4.42. The molecular weight excluding hydrogens is 446 g/mol. The van der Waals surface area contributed by atoms with Crippen LogP contribution in [0.1, 0.15) is 34.5 Å². The molecule has 1 fully saturated rings. The maximum absolute atomic E-state index is 13.1. The van der Waals surface area contributed by atoms with Crippen LogP contribution in [0.5, 0.6) is 0 Å². The average molecular weight is 478 g/mol. The molecule has 1 aliphatic heterocycles. The highest BCUT2D eigenvalue weighted by Crippen LogP contribution is 2.29. The van der Waals surface area contributed by atoms with Gasteiger partial charge in [0, 0.05) is 38.8 Å². The van der Waals surface area contributed by atoms with Crippen LogP contribution >= 0.6 is 0 Å². The highest BCUT2D eigenvalue weighted by molar-refractivity contribution is 7.92. The van der Waals surface area contributed by atoms with Crippen molar-refractivity contribution >= 4 is 21.6 Å². The summed E-state index contributed by atoms with van der Waals surface area (Å²) < 4.78 is 25.5. The van der Waals surface area contributed by atoms with Crippen molar-refractivity contribution in [3.8, 4) is 0 Å². The van der Waals surface area contributed by atoms with E-state index in [9.17, 15) is 13.2 Å². The minimum absolute atomic E-state index is 0.0248. The number of piperazine rings is 1. The van der Waals surface area contributed by atoms with Crippen LogP contribution in [0.3, 0.4) is 0 Å². The first kappa shape index (κ1) is 24.0. The van der Waals surface area contributed by atoms with Crippen LogP contribution in [0.25, 0.3) is 0 Å². The van der Waals surface area contributed by atoms with Gasteiger partial charge in [0.2, 0.25) is 10.0 Å². The van der Waals surface area contributed by atoms with Crippen molar-refractivity contribution in [2.75, 3.05) is 43.3 Å². The van der Waals surface area contributed by atoms with Crippen molar-refractivity contribution in [2.45, 2.75) is 13.0 Å². The first-order chi connectivity index (χ1) is 16.4. The Balaban J connectivity index is 1.45. The average Bonchev–Trinajstić information content (AvgIpc) is 2.90. The number of carbonyl (C=O) groups excluding carboxylic acids is 1. The van der Waals surface area contributed by atoms with Gasteiger partial charge >= 0.3 is 0 Å². The van der Waals surface area contributed by atoms with E-state index in [1.807, 2.05) is 17.0 Å². The van der Waals surface area contributed by atoms with E-state index in [-0.39, 0.29) is 17.7 Å². The first-order valence-electron chi connectivity index (χ1n) is 11.6. The third-order valence-corrected chi connectivity index (χ3v) is 8.23. The van der Waals surface area contributed by atoms with Crippen LogP contribution in [-0.2, 0) is 10.0 Å². The highest BCUT2D eigenvalue weighted by atomic mass is 32.2. The van der Waals surface area contributed by atoms with E-state index < -0.39 is 10.0 Å². The van der Waals surface area contributed by atoms with Crippen molar-refractivity contribution in [3.63, 3.8) is 0 Å². The lowest BCUT2D eigenvalue weighted by atomic mass is 9.96. The Morgan fingerprint density at radius 2 is 1.32 bits per heavy atom. The Labute approximate surface area is 202 Å². The third kappa shape index (κ3) is 5.16. The van der Waals surface area contributed by atoms with Crippen LogP contribution in [-0.4, -0.2) is 63.1 Å². The minimum atomic E-state index is -3.33. The molecule has 0 N–H and O–H groups in total. The van der Waals surface area contributed by atoms with Gasteiger partial charge in [-0.25, -0.2) is 8.42 Å². The quantitative estimate of drug-likeness (QED) is 0.516. The molecule has 0 bridgehead atoms. The molecule has 3 aromatic carbocycles. The predicted octanol–water partition coefficient (Wildman–Crippen LogP) is 4.02. The van der Waals surface area contributed by atoms with E-state index >= 15 is 0 Å². The molecule has 1 amide bonds. The number of carbonyl (C=O) groups is 1. The van der Waals surface area contributed by atoms with Crippen molar-refractivity contribution in [2.24, 2.45) is 0 Å². The summed E-state index contributed by atoms with van der Waals surface area (Å²) in [5.74, 6) is 0.00434. The van der Waals surface area contributed by atoms with Crippen LogP contribution < -0.4 is 4.31 Å². The molecule has 4 rings (SSSR count). The summed E-state index contributed by atoms with van der Waals surface area (Å²) >= 11 is 0. The van der Waals surface area contributed by atoms with Gasteiger partial charge in [-0.05, 0) is 42.3 Å². The molecule has 0 aromatic heterocycles. The minimum Gasteiger partial charge on any atom is -0.336 e. The Morgan fingerprint density at radius 1 is 0.824 bits per heavy atom. The number of nitrogens with zero attached hydrogens (tertiary/aromatic N) is 3. The van der Waals surface area contributed by atoms with Gasteiger partial charge in [-0.2, -0.15) is 0 Å². The van der Waals surface area contributed by atoms with Gasteiger partial charge in [-0.3, -0.25) is 14.0 Å². The molecule has 0 unspecified atom stereocenters. The second kappa shape index (κ2) is 10.4. The second-order valence-corrected chi connectivity index (χ2v) is 10.8. The molecule has 0 aliphatic carbocycles. The summed E-state index contributed by atoms with van der Waals surface area (Å²) in [6.07, 6.45) is 0. The monoisotopic (exact) mass is 477 g/mol. The van der Waals surface area contributed by atoms with Gasteiger partial charge in [-0.15, -0.1) is 0 Å². The van der Waals surface area contributed by atoms with Gasteiger partial charge in [0.15, 0.2) is 0 Å². The molecule has 6 nitrogen and oxygen atoms in total. The Bertz CT molecular complexity index is 1150. The Kier molecular flexibility index (Phi) is 7.34. The zero-order valence-corrected chi connectivity index (χ0v) is 20.5. The maximum Gasteiger partial charge on any atom is 0.253 e. The standard InChI is InChI=1S/C27H31N3O3S/c1-3-34(32,33)28(2)25-16-14-24(15-17-25)27(31)30-20-18-29(19-21-30)26(22-10-6-4-7-11-22)23-12-8-5-9-13-23/h4-17,26H,3,18-21H2,1-2H3. The number of rotatable bonds is 7. The van der Waals surface area contributed by atoms with Crippen LogP contribution in [0.15, 0.2) is 84.9 Å². The molecule has 0 spiro atoms. The summed E-state index contributed by atoms with van der Waals surface area (Å²) in [5.41, 5.74) is 3.62. The number of hydrogen-bond donors (Lipinski definition) is 0. The fourth-order valence-corrected chi connectivity index (χ4v) is 5.25. The molecule has 3 aromatic rings. The van der Waals surface area contributed by atoms with E-state index in [1.165, 1.54) is 22.5 Å². The van der Waals surface area contributed by atoms with E-state index in [1.54, 1.807) is 31.2 Å². The molecule has 1 heterocycles. The zero-order valence-electron chi connectivity index (χ0n) is 19.7. The number of benzene rings is 3. The lowest BCUT2D eigenvalue weighted by Gasteiger charge is -2.39. The topological polar surface area (TPSA) is 60.9 Å². The normalized spacial score (nSPS) is 14.9. The zero-order chi connectivity index (χ0) is 24.1. The van der Waals surface area contributed by atoms with Crippen LogP contribution in [0.4, 0.5) is 5.69 Å². The number of amides is 1. The number of anilines is 1. The van der Waals surface area contributed by atoms with E-state index in [0.29, 0.717) is 24.3 Å². The van der Waals surface area contributed by atoms with Crippen molar-refractivity contribution in [1.82, 2.24) is 9.80 Å². The van der Waals surface area contributed by atoms with E-state index in [4.69, 9.17) is 0 Å². The lowest BCUT2D eigenvalue weighted by Crippen LogP contribution is -2.49. The Hall–Kier alpha value is -3.16.